The molecule has 0 saturated carbocycles. The quantitative estimate of drug-likeness (QED) is 0.323. The second-order valence-corrected chi connectivity index (χ2v) is 9.58. The van der Waals surface area contributed by atoms with Crippen molar-refractivity contribution in [1.82, 2.24) is 10.3 Å². The number of pyridine rings is 1. The average molecular weight is 505 g/mol. The van der Waals surface area contributed by atoms with Gasteiger partial charge in [0.15, 0.2) is 0 Å². The third kappa shape index (κ3) is 5.75. The third-order valence-corrected chi connectivity index (χ3v) is 7.08. The first-order valence-corrected chi connectivity index (χ1v) is 13.1. The minimum atomic E-state index is -0.266. The van der Waals surface area contributed by atoms with Gasteiger partial charge >= 0.3 is 0 Å². The Kier molecular flexibility index (Phi) is 7.78. The summed E-state index contributed by atoms with van der Waals surface area (Å²) in [5.74, 6) is -0.536. The molecule has 1 atom stereocenters. The predicted octanol–water partition coefficient (Wildman–Crippen LogP) is 5.71. The minimum Gasteiger partial charge on any atom is -0.366 e. The van der Waals surface area contributed by atoms with Crippen LogP contribution in [0.25, 0.3) is 0 Å². The van der Waals surface area contributed by atoms with Crippen molar-refractivity contribution in [3.05, 3.63) is 125 Å². The molecule has 5 rings (SSSR count). The van der Waals surface area contributed by atoms with Gasteiger partial charge in [-0.15, -0.1) is 0 Å². The zero-order chi connectivity index (χ0) is 26.3. The van der Waals surface area contributed by atoms with Crippen LogP contribution in [0.2, 0.25) is 0 Å². The van der Waals surface area contributed by atoms with E-state index in [1.807, 2.05) is 61.5 Å². The monoisotopic (exact) mass is 504 g/mol. The molecular weight excluding hydrogens is 472 g/mol. The second kappa shape index (κ2) is 11.7. The van der Waals surface area contributed by atoms with Gasteiger partial charge in [-0.2, -0.15) is 0 Å². The summed E-state index contributed by atoms with van der Waals surface area (Å²) >= 11 is 0. The number of carbonyl (C=O) groups is 2. The van der Waals surface area contributed by atoms with Crippen molar-refractivity contribution in [1.29, 1.82) is 0 Å². The van der Waals surface area contributed by atoms with Gasteiger partial charge in [-0.3, -0.25) is 14.6 Å². The highest BCUT2D eigenvalue weighted by Gasteiger charge is 2.23. The third-order valence-electron chi connectivity index (χ3n) is 7.08. The van der Waals surface area contributed by atoms with Crippen molar-refractivity contribution in [2.24, 2.45) is 0 Å². The molecule has 4 aromatic rings. The fourth-order valence-corrected chi connectivity index (χ4v) is 5.04. The molecule has 0 aliphatic carbocycles. The zero-order valence-electron chi connectivity index (χ0n) is 21.6. The summed E-state index contributed by atoms with van der Waals surface area (Å²) in [6.45, 7) is 3.93. The van der Waals surface area contributed by atoms with Crippen LogP contribution in [-0.2, 0) is 24.3 Å². The number of amides is 2. The molecular formula is C32H32N4O2. The first kappa shape index (κ1) is 25.2. The van der Waals surface area contributed by atoms with Crippen molar-refractivity contribution < 1.29 is 9.59 Å². The molecule has 38 heavy (non-hydrogen) atoms. The number of fused-ring (bicyclic) bond motifs is 1. The number of nitrogens with zero attached hydrogens (tertiary/aromatic N) is 2. The molecule has 192 valence electrons. The predicted molar refractivity (Wildman–Crippen MR) is 151 cm³/mol. The lowest BCUT2D eigenvalue weighted by Gasteiger charge is -2.32. The van der Waals surface area contributed by atoms with Crippen LogP contribution in [0.3, 0.4) is 0 Å². The highest BCUT2D eigenvalue weighted by molar-refractivity contribution is 6.03. The van der Waals surface area contributed by atoms with Crippen LogP contribution >= 0.6 is 0 Å². The molecule has 1 aliphatic rings. The molecule has 1 unspecified atom stereocenters. The van der Waals surface area contributed by atoms with Crippen LogP contribution in [0, 0.1) is 0 Å². The Hall–Kier alpha value is -4.45. The maximum atomic E-state index is 13.5. The van der Waals surface area contributed by atoms with Gasteiger partial charge in [0.1, 0.15) is 0 Å². The van der Waals surface area contributed by atoms with Crippen molar-refractivity contribution in [2.45, 2.75) is 38.8 Å². The van der Waals surface area contributed by atoms with Crippen LogP contribution < -0.4 is 15.5 Å². The Balaban J connectivity index is 1.41. The summed E-state index contributed by atoms with van der Waals surface area (Å²) in [6, 6.07) is 27.7. The van der Waals surface area contributed by atoms with E-state index in [9.17, 15) is 9.59 Å². The highest BCUT2D eigenvalue weighted by atomic mass is 16.2. The Morgan fingerprint density at radius 3 is 2.50 bits per heavy atom. The SMILES string of the molecule is CCC(C(=O)Nc1ccc(N2CCc3ccccc3C2)c(C(=O)NCc2cccnc2)c1)c1ccccc1. The summed E-state index contributed by atoms with van der Waals surface area (Å²) in [4.78, 5) is 33.1. The van der Waals surface area contributed by atoms with E-state index in [4.69, 9.17) is 0 Å². The van der Waals surface area contributed by atoms with E-state index in [0.717, 1.165) is 36.3 Å². The van der Waals surface area contributed by atoms with E-state index in [0.29, 0.717) is 24.2 Å². The van der Waals surface area contributed by atoms with Crippen molar-refractivity contribution >= 4 is 23.2 Å². The van der Waals surface area contributed by atoms with E-state index in [1.54, 1.807) is 18.5 Å². The van der Waals surface area contributed by atoms with Crippen molar-refractivity contribution in [3.63, 3.8) is 0 Å². The molecule has 2 N–H and O–H groups in total. The van der Waals surface area contributed by atoms with E-state index < -0.39 is 0 Å². The van der Waals surface area contributed by atoms with E-state index in [-0.39, 0.29) is 17.7 Å². The first-order chi connectivity index (χ1) is 18.6. The Morgan fingerprint density at radius 2 is 1.74 bits per heavy atom. The number of hydrogen-bond acceptors (Lipinski definition) is 4. The number of rotatable bonds is 8. The van der Waals surface area contributed by atoms with Gasteiger partial charge in [0, 0.05) is 43.4 Å². The van der Waals surface area contributed by atoms with Crippen LogP contribution in [0.1, 0.15) is 51.9 Å². The number of nitrogens with one attached hydrogen (secondary N) is 2. The summed E-state index contributed by atoms with van der Waals surface area (Å²) in [5.41, 5.74) is 6.53. The lowest BCUT2D eigenvalue weighted by molar-refractivity contribution is -0.117. The standard InChI is InChI=1S/C32H32N4O2/c1-2-28(25-11-4-3-5-12-25)32(38)35-27-14-15-30(36-18-16-24-10-6-7-13-26(24)22-36)29(19-27)31(37)34-21-23-9-8-17-33-20-23/h3-15,17,19-20,28H,2,16,18,21-22H2,1H3,(H,34,37)(H,35,38). The Labute approximate surface area is 223 Å². The summed E-state index contributed by atoms with van der Waals surface area (Å²) in [6.07, 6.45) is 5.05. The molecule has 0 bridgehead atoms. The van der Waals surface area contributed by atoms with Crippen molar-refractivity contribution in [3.8, 4) is 0 Å². The van der Waals surface area contributed by atoms with E-state index in [1.165, 1.54) is 11.1 Å². The summed E-state index contributed by atoms with van der Waals surface area (Å²) < 4.78 is 0. The smallest absolute Gasteiger partial charge is 0.253 e. The molecule has 3 aromatic carbocycles. The summed E-state index contributed by atoms with van der Waals surface area (Å²) in [7, 11) is 0. The van der Waals surface area contributed by atoms with Crippen LogP contribution in [0.5, 0.6) is 0 Å². The molecule has 0 spiro atoms. The minimum absolute atomic E-state index is 0.0833. The molecule has 1 aliphatic heterocycles. The van der Waals surface area contributed by atoms with Gasteiger partial charge in [-0.05, 0) is 59.4 Å². The molecule has 6 nitrogen and oxygen atoms in total. The molecule has 2 heterocycles. The van der Waals surface area contributed by atoms with Crippen LogP contribution in [0.4, 0.5) is 11.4 Å². The van der Waals surface area contributed by atoms with Crippen LogP contribution in [0.15, 0.2) is 97.3 Å². The maximum absolute atomic E-state index is 13.5. The topological polar surface area (TPSA) is 74.3 Å². The Bertz CT molecular complexity index is 1410. The molecule has 2 amide bonds. The molecule has 1 aromatic heterocycles. The van der Waals surface area contributed by atoms with Gasteiger partial charge in [0.25, 0.3) is 5.91 Å². The second-order valence-electron chi connectivity index (χ2n) is 9.58. The van der Waals surface area contributed by atoms with Crippen LogP contribution in [-0.4, -0.2) is 23.3 Å². The maximum Gasteiger partial charge on any atom is 0.253 e. The lowest BCUT2D eigenvalue weighted by Crippen LogP contribution is -2.33. The fourth-order valence-electron chi connectivity index (χ4n) is 5.04. The van der Waals surface area contributed by atoms with Gasteiger partial charge < -0.3 is 15.5 Å². The lowest BCUT2D eigenvalue weighted by atomic mass is 9.95. The van der Waals surface area contributed by atoms with Gasteiger partial charge in [-0.25, -0.2) is 0 Å². The molecule has 6 heteroatoms. The van der Waals surface area contributed by atoms with Crippen molar-refractivity contribution in [2.75, 3.05) is 16.8 Å². The van der Waals surface area contributed by atoms with E-state index >= 15 is 0 Å². The molecule has 0 radical (unpaired) electrons. The zero-order valence-corrected chi connectivity index (χ0v) is 21.6. The van der Waals surface area contributed by atoms with Gasteiger partial charge in [-0.1, -0.05) is 67.6 Å². The normalized spacial score (nSPS) is 13.3. The average Bonchev–Trinajstić information content (AvgIpc) is 2.97. The first-order valence-electron chi connectivity index (χ1n) is 13.1. The summed E-state index contributed by atoms with van der Waals surface area (Å²) in [5, 5.41) is 6.09. The molecule has 0 saturated heterocycles. The number of aromatic nitrogens is 1. The Morgan fingerprint density at radius 1 is 0.947 bits per heavy atom. The highest BCUT2D eigenvalue weighted by Crippen LogP contribution is 2.30. The largest absolute Gasteiger partial charge is 0.366 e. The van der Waals surface area contributed by atoms with Gasteiger partial charge in [0.2, 0.25) is 5.91 Å². The fraction of sp³-hybridized carbons (Fsp3) is 0.219. The van der Waals surface area contributed by atoms with Gasteiger partial charge in [0.05, 0.1) is 11.5 Å². The molecule has 0 fully saturated rings. The number of benzene rings is 3. The van der Waals surface area contributed by atoms with E-state index in [2.05, 4.69) is 44.8 Å². The number of hydrogen-bond donors (Lipinski definition) is 2. The number of carbonyl (C=O) groups excluding carboxylic acids is 2. The number of anilines is 2.